The molecule has 2 aromatic heterocycles. The lowest BCUT2D eigenvalue weighted by molar-refractivity contribution is -0.0291. The molecule has 0 saturated carbocycles. The van der Waals surface area contributed by atoms with Crippen LogP contribution < -0.4 is 11.1 Å². The average Bonchev–Trinajstić information content (AvgIpc) is 3.14. The van der Waals surface area contributed by atoms with Gasteiger partial charge in [0.2, 0.25) is 0 Å². The van der Waals surface area contributed by atoms with Crippen LogP contribution in [0.15, 0.2) is 30.3 Å². The third kappa shape index (κ3) is 2.63. The molecule has 0 aromatic carbocycles. The van der Waals surface area contributed by atoms with Crippen LogP contribution in [-0.2, 0) is 4.74 Å². The van der Waals surface area contributed by atoms with Crippen molar-refractivity contribution in [2.75, 3.05) is 19.4 Å². The fourth-order valence-electron chi connectivity index (χ4n) is 3.22. The molecule has 3 unspecified atom stereocenters. The third-order valence-electron chi connectivity index (χ3n) is 4.29. The Balaban J connectivity index is 2.16. The molecule has 1 aliphatic heterocycles. The molecule has 1 aliphatic rings. The molecule has 24 heavy (non-hydrogen) atoms. The summed E-state index contributed by atoms with van der Waals surface area (Å²) in [5, 5.41) is 13.1. The van der Waals surface area contributed by atoms with E-state index in [-0.39, 0.29) is 24.9 Å². The number of rotatable bonds is 4. The molecule has 3 rings (SSSR count). The van der Waals surface area contributed by atoms with Crippen molar-refractivity contribution in [3.05, 3.63) is 30.9 Å². The predicted molar refractivity (Wildman–Crippen MR) is 92.5 cm³/mol. The number of aliphatic hydroxyl groups excluding tert-OH is 1. The summed E-state index contributed by atoms with van der Waals surface area (Å²) in [7, 11) is 1.69. The van der Waals surface area contributed by atoms with Crippen LogP contribution in [0.3, 0.4) is 0 Å². The first-order valence-corrected chi connectivity index (χ1v) is 7.82. The van der Waals surface area contributed by atoms with Crippen molar-refractivity contribution >= 4 is 22.7 Å². The topological polar surface area (TPSA) is 111 Å². The molecule has 0 radical (unpaired) electrons. The van der Waals surface area contributed by atoms with Crippen LogP contribution in [0.25, 0.3) is 11.0 Å². The van der Waals surface area contributed by atoms with Gasteiger partial charge in [-0.3, -0.25) is 4.99 Å². The van der Waals surface area contributed by atoms with E-state index in [1.165, 1.54) is 6.33 Å². The number of ether oxygens (including phenoxy) is 1. The Morgan fingerprint density at radius 1 is 1.62 bits per heavy atom. The maximum Gasteiger partial charge on any atom is 0.148 e. The van der Waals surface area contributed by atoms with Gasteiger partial charge in [0.15, 0.2) is 0 Å². The zero-order chi connectivity index (χ0) is 17.3. The molecule has 128 valence electrons. The Morgan fingerprint density at radius 3 is 3.04 bits per heavy atom. The summed E-state index contributed by atoms with van der Waals surface area (Å²) in [5.41, 5.74) is 7.56. The van der Waals surface area contributed by atoms with Crippen LogP contribution in [0, 0.1) is 5.92 Å². The first-order chi connectivity index (χ1) is 11.6. The summed E-state index contributed by atoms with van der Waals surface area (Å²) in [4.78, 5) is 12.7. The normalized spacial score (nSPS) is 24.5. The summed E-state index contributed by atoms with van der Waals surface area (Å²) in [6.45, 7) is 5.77. The highest BCUT2D eigenvalue weighted by Gasteiger charge is 2.35. The van der Waals surface area contributed by atoms with Crippen molar-refractivity contribution in [1.82, 2.24) is 19.9 Å². The Hall–Kier alpha value is -2.45. The monoisotopic (exact) mass is 330 g/mol. The lowest BCUT2D eigenvalue weighted by Gasteiger charge is -2.18. The van der Waals surface area contributed by atoms with E-state index in [2.05, 4.69) is 33.8 Å². The second kappa shape index (κ2) is 6.58. The number of nitrogens with two attached hydrogens (primary N) is 1. The van der Waals surface area contributed by atoms with Gasteiger partial charge in [-0.25, -0.2) is 9.97 Å². The zero-order valence-electron chi connectivity index (χ0n) is 13.8. The Bertz CT molecular complexity index is 784. The van der Waals surface area contributed by atoms with Crippen molar-refractivity contribution in [2.45, 2.75) is 25.7 Å². The summed E-state index contributed by atoms with van der Waals surface area (Å²) >= 11 is 0. The van der Waals surface area contributed by atoms with Gasteiger partial charge in [-0.1, -0.05) is 13.5 Å². The number of aromatic nitrogens is 3. The van der Waals surface area contributed by atoms with Crippen molar-refractivity contribution in [1.29, 1.82) is 0 Å². The lowest BCUT2D eigenvalue weighted by atomic mass is 10.1. The molecule has 1 fully saturated rings. The second-order valence-electron chi connectivity index (χ2n) is 5.87. The van der Waals surface area contributed by atoms with Gasteiger partial charge in [-0.05, 0) is 12.6 Å². The molecule has 4 N–H and O–H groups in total. The molecule has 8 heteroatoms. The van der Waals surface area contributed by atoms with E-state index < -0.39 is 0 Å². The number of nitrogen functional groups attached to an aromatic ring is 1. The van der Waals surface area contributed by atoms with Crippen molar-refractivity contribution in [3.63, 3.8) is 0 Å². The van der Waals surface area contributed by atoms with E-state index in [0.717, 1.165) is 17.4 Å². The van der Waals surface area contributed by atoms with Crippen LogP contribution in [0.2, 0.25) is 0 Å². The molecule has 2 aromatic rings. The maximum atomic E-state index is 9.39. The van der Waals surface area contributed by atoms with Gasteiger partial charge in [-0.15, -0.1) is 0 Å². The first-order valence-electron chi connectivity index (χ1n) is 7.82. The van der Waals surface area contributed by atoms with E-state index in [0.29, 0.717) is 17.3 Å². The molecule has 3 atom stereocenters. The summed E-state index contributed by atoms with van der Waals surface area (Å²) < 4.78 is 7.92. The number of aliphatic imine (C=N–C) groups is 1. The van der Waals surface area contributed by atoms with Crippen LogP contribution in [-0.4, -0.2) is 45.2 Å². The van der Waals surface area contributed by atoms with Crippen LogP contribution in [0.4, 0.5) is 5.82 Å². The van der Waals surface area contributed by atoms with E-state index in [4.69, 9.17) is 10.5 Å². The zero-order valence-corrected chi connectivity index (χ0v) is 13.8. The molecule has 1 saturated heterocycles. The molecular weight excluding hydrogens is 308 g/mol. The smallest absolute Gasteiger partial charge is 0.148 e. The SMILES string of the molecule is C=CNC(=NC)c1cn(C2OC(CO)CC2C)c2ncnc(N)c12. The molecule has 3 heterocycles. The standard InChI is InChI=1S/C16H22N6O2/c1-4-19-14(18-3)11-6-22(15-12(11)13(17)20-8-21-15)16-9(2)5-10(7-23)24-16/h4,6,8-10,16,23H,1,5,7H2,2-3H3,(H,18,19)(H2,17,20,21). The number of amidine groups is 1. The fraction of sp³-hybridized carbons (Fsp3) is 0.438. The highest BCUT2D eigenvalue weighted by Crippen LogP contribution is 2.37. The second-order valence-corrected chi connectivity index (χ2v) is 5.87. The average molecular weight is 330 g/mol. The minimum Gasteiger partial charge on any atom is -0.394 e. The number of nitrogens with zero attached hydrogens (tertiary/aromatic N) is 4. The van der Waals surface area contributed by atoms with Crippen LogP contribution in [0.5, 0.6) is 0 Å². The van der Waals surface area contributed by atoms with Crippen LogP contribution in [0.1, 0.15) is 25.1 Å². The van der Waals surface area contributed by atoms with Gasteiger partial charge in [0.05, 0.1) is 18.1 Å². The Labute approximate surface area is 140 Å². The van der Waals surface area contributed by atoms with Crippen LogP contribution >= 0.6 is 0 Å². The molecule has 0 amide bonds. The number of aliphatic hydroxyl groups is 1. The molecule has 8 nitrogen and oxygen atoms in total. The maximum absolute atomic E-state index is 9.39. The van der Waals surface area contributed by atoms with Crippen molar-refractivity contribution in [2.24, 2.45) is 10.9 Å². The minimum absolute atomic E-state index is 0.00368. The van der Waals surface area contributed by atoms with Gasteiger partial charge >= 0.3 is 0 Å². The number of hydrogen-bond acceptors (Lipinski definition) is 6. The number of hydrogen-bond donors (Lipinski definition) is 3. The molecule has 0 aliphatic carbocycles. The van der Waals surface area contributed by atoms with Crippen molar-refractivity contribution < 1.29 is 9.84 Å². The van der Waals surface area contributed by atoms with Gasteiger partial charge in [0.1, 0.15) is 29.9 Å². The Kier molecular flexibility index (Phi) is 4.50. The lowest BCUT2D eigenvalue weighted by Crippen LogP contribution is -2.18. The third-order valence-corrected chi connectivity index (χ3v) is 4.29. The van der Waals surface area contributed by atoms with Crippen molar-refractivity contribution in [3.8, 4) is 0 Å². The summed E-state index contributed by atoms with van der Waals surface area (Å²) in [6, 6.07) is 0. The molecular formula is C16H22N6O2. The largest absolute Gasteiger partial charge is 0.394 e. The van der Waals surface area contributed by atoms with Gasteiger partial charge in [0, 0.05) is 24.7 Å². The predicted octanol–water partition coefficient (Wildman–Crippen LogP) is 1.04. The van der Waals surface area contributed by atoms with Gasteiger partial charge in [0.25, 0.3) is 0 Å². The number of nitrogens with one attached hydrogen (secondary N) is 1. The van der Waals surface area contributed by atoms with E-state index in [1.807, 2.05) is 10.8 Å². The number of anilines is 1. The van der Waals surface area contributed by atoms with E-state index >= 15 is 0 Å². The summed E-state index contributed by atoms with van der Waals surface area (Å²) in [6.07, 6.45) is 5.30. The number of fused-ring (bicyclic) bond motifs is 1. The quantitative estimate of drug-likeness (QED) is 0.570. The van der Waals surface area contributed by atoms with E-state index in [9.17, 15) is 5.11 Å². The van der Waals surface area contributed by atoms with Gasteiger partial charge in [-0.2, -0.15) is 0 Å². The molecule has 0 spiro atoms. The first kappa shape index (κ1) is 16.4. The highest BCUT2D eigenvalue weighted by atomic mass is 16.5. The van der Waals surface area contributed by atoms with E-state index in [1.54, 1.807) is 13.2 Å². The Morgan fingerprint density at radius 2 is 2.42 bits per heavy atom. The highest BCUT2D eigenvalue weighted by molar-refractivity contribution is 6.12. The minimum atomic E-state index is -0.227. The summed E-state index contributed by atoms with van der Waals surface area (Å²) in [5.74, 6) is 1.24. The molecule has 0 bridgehead atoms. The van der Waals surface area contributed by atoms with Gasteiger partial charge < -0.3 is 25.5 Å². The fourth-order valence-corrected chi connectivity index (χ4v) is 3.22.